The standard InChI is InChI=1S/C18H15NO5S/c1-23-18(22)14-8-7-12(24-14)10-11(6-9-16(20)21)17-19-13-4-2-3-5-15(13)25-17/h2-5,7-8,10H,6,9H2,1H3,(H,20,21). The maximum absolute atomic E-state index is 11.5. The molecule has 2 aromatic heterocycles. The van der Waals surface area contributed by atoms with Gasteiger partial charge in [-0.15, -0.1) is 11.3 Å². The van der Waals surface area contributed by atoms with Gasteiger partial charge in [-0.2, -0.15) is 0 Å². The van der Waals surface area contributed by atoms with Crippen molar-refractivity contribution in [2.45, 2.75) is 12.8 Å². The molecule has 1 N–H and O–H groups in total. The second-order valence-electron chi connectivity index (χ2n) is 5.24. The lowest BCUT2D eigenvalue weighted by atomic mass is 10.1. The van der Waals surface area contributed by atoms with Gasteiger partial charge in [0.2, 0.25) is 5.76 Å². The number of benzene rings is 1. The van der Waals surface area contributed by atoms with E-state index in [2.05, 4.69) is 9.72 Å². The summed E-state index contributed by atoms with van der Waals surface area (Å²) in [5, 5.41) is 9.73. The van der Waals surface area contributed by atoms with Gasteiger partial charge in [0.1, 0.15) is 10.8 Å². The molecule has 0 radical (unpaired) electrons. The average Bonchev–Trinajstić information content (AvgIpc) is 3.24. The van der Waals surface area contributed by atoms with Gasteiger partial charge in [0.15, 0.2) is 0 Å². The Balaban J connectivity index is 1.97. The molecule has 0 aliphatic rings. The molecule has 2 heterocycles. The quantitative estimate of drug-likeness (QED) is 0.669. The number of thiazole rings is 1. The second kappa shape index (κ2) is 7.31. The van der Waals surface area contributed by atoms with Gasteiger partial charge in [-0.1, -0.05) is 12.1 Å². The van der Waals surface area contributed by atoms with Crippen molar-refractivity contribution in [1.29, 1.82) is 0 Å². The molecule has 128 valence electrons. The van der Waals surface area contributed by atoms with Gasteiger partial charge >= 0.3 is 11.9 Å². The smallest absolute Gasteiger partial charge is 0.373 e. The Bertz CT molecular complexity index is 920. The van der Waals surface area contributed by atoms with Crippen LogP contribution in [0.25, 0.3) is 21.9 Å². The Morgan fingerprint density at radius 3 is 2.76 bits per heavy atom. The molecule has 25 heavy (non-hydrogen) atoms. The Labute approximate surface area is 147 Å². The summed E-state index contributed by atoms with van der Waals surface area (Å²) in [5.74, 6) is -0.913. The summed E-state index contributed by atoms with van der Waals surface area (Å²) >= 11 is 1.49. The summed E-state index contributed by atoms with van der Waals surface area (Å²) in [6.45, 7) is 0. The molecule has 7 heteroatoms. The Morgan fingerprint density at radius 1 is 1.24 bits per heavy atom. The number of methoxy groups -OCH3 is 1. The maximum Gasteiger partial charge on any atom is 0.373 e. The van der Waals surface area contributed by atoms with E-state index in [9.17, 15) is 9.59 Å². The van der Waals surface area contributed by atoms with Crippen LogP contribution in [-0.4, -0.2) is 29.1 Å². The number of ether oxygens (including phenoxy) is 1. The van der Waals surface area contributed by atoms with Crippen LogP contribution >= 0.6 is 11.3 Å². The predicted octanol–water partition coefficient (Wildman–Crippen LogP) is 4.08. The van der Waals surface area contributed by atoms with Gasteiger partial charge in [0.25, 0.3) is 0 Å². The lowest BCUT2D eigenvalue weighted by molar-refractivity contribution is -0.136. The summed E-state index contributed by atoms with van der Waals surface area (Å²) in [4.78, 5) is 27.0. The number of carboxylic acid groups (broad SMARTS) is 1. The SMILES string of the molecule is COC(=O)c1ccc(C=C(CCC(=O)O)c2nc3ccccc3s2)o1. The molecule has 0 aliphatic carbocycles. The van der Waals surface area contributed by atoms with Gasteiger partial charge < -0.3 is 14.3 Å². The van der Waals surface area contributed by atoms with Crippen LogP contribution in [-0.2, 0) is 9.53 Å². The highest BCUT2D eigenvalue weighted by molar-refractivity contribution is 7.19. The van der Waals surface area contributed by atoms with Crippen LogP contribution in [0.2, 0.25) is 0 Å². The number of carboxylic acids is 1. The number of carbonyl (C=O) groups excluding carboxylic acids is 1. The minimum Gasteiger partial charge on any atom is -0.481 e. The predicted molar refractivity (Wildman–Crippen MR) is 94.4 cm³/mol. The summed E-state index contributed by atoms with van der Waals surface area (Å²) in [5.41, 5.74) is 1.60. The molecular formula is C18H15NO5S. The zero-order valence-electron chi connectivity index (χ0n) is 13.4. The molecule has 0 amide bonds. The fraction of sp³-hybridized carbons (Fsp3) is 0.167. The van der Waals surface area contributed by atoms with Crippen molar-refractivity contribution in [3.05, 3.63) is 52.9 Å². The minimum absolute atomic E-state index is 0.0215. The number of aromatic nitrogens is 1. The minimum atomic E-state index is -0.887. The third kappa shape index (κ3) is 3.95. The highest BCUT2D eigenvalue weighted by Gasteiger charge is 2.14. The number of furan rings is 1. The number of para-hydroxylation sites is 1. The molecule has 3 rings (SSSR count). The molecule has 0 aliphatic heterocycles. The van der Waals surface area contributed by atoms with E-state index in [0.29, 0.717) is 12.2 Å². The number of hydrogen-bond donors (Lipinski definition) is 1. The van der Waals surface area contributed by atoms with Gasteiger partial charge in [-0.3, -0.25) is 4.79 Å². The number of hydrogen-bond acceptors (Lipinski definition) is 6. The molecule has 0 saturated carbocycles. The summed E-state index contributed by atoms with van der Waals surface area (Å²) < 4.78 is 11.1. The van der Waals surface area contributed by atoms with Crippen molar-refractivity contribution in [2.24, 2.45) is 0 Å². The van der Waals surface area contributed by atoms with E-state index in [1.807, 2.05) is 24.3 Å². The highest BCUT2D eigenvalue weighted by Crippen LogP contribution is 2.31. The van der Waals surface area contributed by atoms with Crippen molar-refractivity contribution in [3.63, 3.8) is 0 Å². The molecule has 6 nitrogen and oxygen atoms in total. The molecule has 0 unspecified atom stereocenters. The fourth-order valence-electron chi connectivity index (χ4n) is 2.30. The Kier molecular flexibility index (Phi) is 4.95. The van der Waals surface area contributed by atoms with Crippen molar-refractivity contribution < 1.29 is 23.8 Å². The monoisotopic (exact) mass is 357 g/mol. The Hall–Kier alpha value is -2.93. The van der Waals surface area contributed by atoms with Crippen molar-refractivity contribution in [2.75, 3.05) is 7.11 Å². The summed E-state index contributed by atoms with van der Waals surface area (Å²) in [6, 6.07) is 10.9. The molecule has 3 aromatic rings. The topological polar surface area (TPSA) is 89.6 Å². The second-order valence-corrected chi connectivity index (χ2v) is 6.27. The largest absolute Gasteiger partial charge is 0.481 e. The van der Waals surface area contributed by atoms with E-state index in [-0.39, 0.29) is 12.2 Å². The Morgan fingerprint density at radius 2 is 2.04 bits per heavy atom. The van der Waals surface area contributed by atoms with Crippen LogP contribution in [0.3, 0.4) is 0 Å². The third-order valence-electron chi connectivity index (χ3n) is 3.51. The number of allylic oxidation sites excluding steroid dienone is 1. The first-order chi connectivity index (χ1) is 12.1. The van der Waals surface area contributed by atoms with Gasteiger partial charge in [-0.25, -0.2) is 9.78 Å². The number of rotatable bonds is 6. The maximum atomic E-state index is 11.5. The van der Waals surface area contributed by atoms with Gasteiger partial charge in [-0.05, 0) is 42.3 Å². The number of aliphatic carboxylic acids is 1. The van der Waals surface area contributed by atoms with Crippen molar-refractivity contribution in [3.8, 4) is 0 Å². The van der Waals surface area contributed by atoms with Gasteiger partial charge in [0, 0.05) is 6.42 Å². The zero-order chi connectivity index (χ0) is 17.8. The van der Waals surface area contributed by atoms with E-state index in [1.165, 1.54) is 24.5 Å². The molecule has 1 aromatic carbocycles. The summed E-state index contributed by atoms with van der Waals surface area (Å²) in [6.07, 6.45) is 2.00. The number of esters is 1. The first kappa shape index (κ1) is 16.9. The van der Waals surface area contributed by atoms with Crippen LogP contribution in [0.5, 0.6) is 0 Å². The fourth-order valence-corrected chi connectivity index (χ4v) is 3.31. The lowest BCUT2D eigenvalue weighted by Gasteiger charge is -2.01. The van der Waals surface area contributed by atoms with Crippen molar-refractivity contribution in [1.82, 2.24) is 4.98 Å². The molecule has 0 saturated heterocycles. The molecule has 0 atom stereocenters. The first-order valence-electron chi connectivity index (χ1n) is 7.53. The van der Waals surface area contributed by atoms with Crippen LogP contribution in [0.4, 0.5) is 0 Å². The first-order valence-corrected chi connectivity index (χ1v) is 8.35. The van der Waals surface area contributed by atoms with Crippen LogP contribution in [0.15, 0.2) is 40.8 Å². The van der Waals surface area contributed by atoms with E-state index < -0.39 is 11.9 Å². The number of nitrogens with zero attached hydrogens (tertiary/aromatic N) is 1. The molecule has 0 bridgehead atoms. The molecule has 0 spiro atoms. The zero-order valence-corrected chi connectivity index (χ0v) is 14.2. The van der Waals surface area contributed by atoms with E-state index in [1.54, 1.807) is 12.1 Å². The third-order valence-corrected chi connectivity index (χ3v) is 4.62. The number of fused-ring (bicyclic) bond motifs is 1. The lowest BCUT2D eigenvalue weighted by Crippen LogP contribution is -1.98. The van der Waals surface area contributed by atoms with Gasteiger partial charge in [0.05, 0.1) is 17.3 Å². The number of carbonyl (C=O) groups is 2. The summed E-state index contributed by atoms with van der Waals surface area (Å²) in [7, 11) is 1.28. The van der Waals surface area contributed by atoms with Crippen LogP contribution in [0, 0.1) is 0 Å². The van der Waals surface area contributed by atoms with E-state index in [0.717, 1.165) is 20.8 Å². The normalized spacial score (nSPS) is 11.6. The molecular weight excluding hydrogens is 342 g/mol. The molecule has 0 fully saturated rings. The van der Waals surface area contributed by atoms with E-state index >= 15 is 0 Å². The van der Waals surface area contributed by atoms with Crippen LogP contribution in [0.1, 0.15) is 34.2 Å². The van der Waals surface area contributed by atoms with Crippen molar-refractivity contribution >= 4 is 45.1 Å². The average molecular weight is 357 g/mol. The highest BCUT2D eigenvalue weighted by atomic mass is 32.1. The van der Waals surface area contributed by atoms with Crippen LogP contribution < -0.4 is 0 Å². The van der Waals surface area contributed by atoms with E-state index in [4.69, 9.17) is 9.52 Å².